The van der Waals surface area contributed by atoms with Gasteiger partial charge in [0.15, 0.2) is 0 Å². The van der Waals surface area contributed by atoms with E-state index in [0.29, 0.717) is 50.1 Å². The second-order valence-electron chi connectivity index (χ2n) is 9.27. The van der Waals surface area contributed by atoms with E-state index in [1.54, 1.807) is 24.3 Å². The van der Waals surface area contributed by atoms with Gasteiger partial charge in [0, 0.05) is 18.7 Å². The quantitative estimate of drug-likeness (QED) is 0.136. The van der Waals surface area contributed by atoms with E-state index in [9.17, 15) is 18.0 Å². The molecular weight excluding hydrogens is 544 g/mol. The maximum atomic E-state index is 13.6. The lowest BCUT2D eigenvalue weighted by Crippen LogP contribution is -2.53. The first-order chi connectivity index (χ1) is 18.6. The number of nitrogens with two attached hydrogens (primary N) is 2. The fourth-order valence-corrected chi connectivity index (χ4v) is 5.98. The fraction of sp³-hybridized carbons (Fsp3) is 0.423. The van der Waals surface area contributed by atoms with Gasteiger partial charge < -0.3 is 26.4 Å². The molecule has 1 aliphatic heterocycles. The summed E-state index contributed by atoms with van der Waals surface area (Å²) in [6.45, 7) is 0.984. The van der Waals surface area contributed by atoms with Gasteiger partial charge in [-0.25, -0.2) is 8.42 Å². The second-order valence-corrected chi connectivity index (χ2v) is 11.4. The van der Waals surface area contributed by atoms with Crippen LogP contribution in [0.1, 0.15) is 43.2 Å². The molecule has 0 unspecified atom stereocenters. The third kappa shape index (κ3) is 7.91. The van der Waals surface area contributed by atoms with Gasteiger partial charge in [0.1, 0.15) is 23.7 Å². The van der Waals surface area contributed by atoms with Gasteiger partial charge in [0.25, 0.3) is 0 Å². The molecule has 0 saturated carbocycles. The summed E-state index contributed by atoms with van der Waals surface area (Å²) in [5.74, 6) is -0.495. The van der Waals surface area contributed by atoms with Crippen molar-refractivity contribution >= 4 is 39.3 Å². The Bertz CT molecular complexity index is 1290. The fourth-order valence-electron chi connectivity index (χ4n) is 4.41. The van der Waals surface area contributed by atoms with Gasteiger partial charge in [-0.15, -0.1) is 0 Å². The highest BCUT2D eigenvalue weighted by atomic mass is 35.5. The minimum absolute atomic E-state index is 0.0441. The SMILES string of the molecule is COc1ccc(S(=O)(=O)N[C@@H](CCCCN)C(=O)N2CCC[C@H]2C(=O)NCc2ccc(C(=N)N)cc2)cc1Cl. The molecule has 7 N–H and O–H groups in total. The first-order valence-electron chi connectivity index (χ1n) is 12.6. The number of rotatable bonds is 13. The molecule has 11 nitrogen and oxygen atoms in total. The van der Waals surface area contributed by atoms with Crippen LogP contribution in [-0.4, -0.2) is 63.3 Å². The Morgan fingerprint density at radius 1 is 1.21 bits per heavy atom. The Balaban J connectivity index is 1.73. The lowest BCUT2D eigenvalue weighted by atomic mass is 10.1. The number of nitrogens with one attached hydrogen (secondary N) is 3. The average molecular weight is 579 g/mol. The van der Waals surface area contributed by atoms with Crippen LogP contribution in [0.3, 0.4) is 0 Å². The minimum atomic E-state index is -4.11. The Kier molecular flexibility index (Phi) is 10.7. The largest absolute Gasteiger partial charge is 0.495 e. The van der Waals surface area contributed by atoms with Crippen LogP contribution in [0.5, 0.6) is 5.75 Å². The lowest BCUT2D eigenvalue weighted by molar-refractivity contribution is -0.139. The van der Waals surface area contributed by atoms with Crippen LogP contribution < -0.4 is 26.2 Å². The lowest BCUT2D eigenvalue weighted by Gasteiger charge is -2.29. The van der Waals surface area contributed by atoms with Crippen LogP contribution in [0.4, 0.5) is 0 Å². The highest BCUT2D eigenvalue weighted by molar-refractivity contribution is 7.89. The van der Waals surface area contributed by atoms with Crippen LogP contribution in [-0.2, 0) is 26.2 Å². The van der Waals surface area contributed by atoms with Crippen LogP contribution in [0.15, 0.2) is 47.4 Å². The number of nitrogen functional groups attached to an aromatic ring is 1. The summed E-state index contributed by atoms with van der Waals surface area (Å²) in [6.07, 6.45) is 2.46. The third-order valence-corrected chi connectivity index (χ3v) is 8.31. The predicted molar refractivity (Wildman–Crippen MR) is 149 cm³/mol. The van der Waals surface area contributed by atoms with Crippen molar-refractivity contribution in [3.05, 3.63) is 58.6 Å². The molecule has 39 heavy (non-hydrogen) atoms. The van der Waals surface area contributed by atoms with Gasteiger partial charge in [-0.1, -0.05) is 42.3 Å². The summed E-state index contributed by atoms with van der Waals surface area (Å²) in [5, 5.41) is 10.5. The predicted octanol–water partition coefficient (Wildman–Crippen LogP) is 1.72. The van der Waals surface area contributed by atoms with Crippen LogP contribution in [0.2, 0.25) is 5.02 Å². The van der Waals surface area contributed by atoms with Crippen molar-refractivity contribution in [3.8, 4) is 5.75 Å². The van der Waals surface area contributed by atoms with E-state index in [1.165, 1.54) is 30.2 Å². The zero-order valence-corrected chi connectivity index (χ0v) is 23.4. The Labute approximate surface area is 233 Å². The molecule has 2 aromatic rings. The van der Waals surface area contributed by atoms with E-state index in [4.69, 9.17) is 33.2 Å². The number of unbranched alkanes of at least 4 members (excludes halogenated alkanes) is 1. The molecule has 0 bridgehead atoms. The average Bonchev–Trinajstić information content (AvgIpc) is 3.41. The smallest absolute Gasteiger partial charge is 0.243 e. The van der Waals surface area contributed by atoms with Crippen molar-refractivity contribution in [2.24, 2.45) is 11.5 Å². The first-order valence-corrected chi connectivity index (χ1v) is 14.5. The van der Waals surface area contributed by atoms with Crippen molar-refractivity contribution < 1.29 is 22.7 Å². The molecule has 0 spiro atoms. The van der Waals surface area contributed by atoms with E-state index in [2.05, 4.69) is 10.0 Å². The number of sulfonamides is 1. The van der Waals surface area contributed by atoms with Gasteiger partial charge in [-0.3, -0.25) is 15.0 Å². The van der Waals surface area contributed by atoms with E-state index in [-0.39, 0.29) is 34.6 Å². The summed E-state index contributed by atoms with van der Waals surface area (Å²) < 4.78 is 34.0. The highest BCUT2D eigenvalue weighted by Gasteiger charge is 2.38. The summed E-state index contributed by atoms with van der Waals surface area (Å²) >= 11 is 6.12. The van der Waals surface area contributed by atoms with Gasteiger partial charge in [-0.05, 0) is 56.0 Å². The zero-order chi connectivity index (χ0) is 28.6. The van der Waals surface area contributed by atoms with Crippen molar-refractivity contribution in [1.29, 1.82) is 5.41 Å². The van der Waals surface area contributed by atoms with Crippen molar-refractivity contribution in [1.82, 2.24) is 14.9 Å². The normalized spacial score (nSPS) is 16.1. The van der Waals surface area contributed by atoms with E-state index < -0.39 is 28.0 Å². The number of methoxy groups -OCH3 is 1. The molecule has 0 aromatic heterocycles. The number of benzene rings is 2. The van der Waals surface area contributed by atoms with Gasteiger partial charge in [0.05, 0.1) is 17.0 Å². The molecule has 0 aliphatic carbocycles. The monoisotopic (exact) mass is 578 g/mol. The maximum absolute atomic E-state index is 13.6. The number of carbonyl (C=O) groups is 2. The summed E-state index contributed by atoms with van der Waals surface area (Å²) in [5.41, 5.74) is 12.5. The number of ether oxygens (including phenoxy) is 1. The molecule has 1 saturated heterocycles. The summed E-state index contributed by atoms with van der Waals surface area (Å²) in [6, 6.07) is 9.19. The molecular formula is C26H35ClN6O5S. The maximum Gasteiger partial charge on any atom is 0.243 e. The van der Waals surface area contributed by atoms with Crippen LogP contribution >= 0.6 is 11.6 Å². The van der Waals surface area contributed by atoms with Gasteiger partial charge in [0.2, 0.25) is 21.8 Å². The van der Waals surface area contributed by atoms with Gasteiger partial charge in [-0.2, -0.15) is 4.72 Å². The Morgan fingerprint density at radius 2 is 1.92 bits per heavy atom. The molecule has 2 atom stereocenters. The molecule has 0 radical (unpaired) electrons. The number of halogens is 1. The molecule has 2 amide bonds. The van der Waals surface area contributed by atoms with Crippen molar-refractivity contribution in [2.45, 2.75) is 55.6 Å². The summed E-state index contributed by atoms with van der Waals surface area (Å²) in [7, 11) is -2.68. The number of hydrogen-bond donors (Lipinski definition) is 5. The standard InChI is InChI=1S/C26H35ClN6O5S/c1-38-23-12-11-19(15-20(23)27)39(36,37)32-21(5-2-3-13-28)26(35)33-14-4-6-22(33)25(34)31-16-17-7-9-18(10-8-17)24(29)30/h7-12,15,21-22,32H,2-6,13-14,16,28H2,1H3,(H3,29,30)(H,31,34)/t21-,22-/m0/s1. The third-order valence-electron chi connectivity index (χ3n) is 6.55. The van der Waals surface area contributed by atoms with E-state index >= 15 is 0 Å². The second kappa shape index (κ2) is 13.7. The molecule has 1 fully saturated rings. The first kappa shape index (κ1) is 30.4. The Morgan fingerprint density at radius 3 is 2.54 bits per heavy atom. The van der Waals surface area contributed by atoms with E-state index in [0.717, 1.165) is 5.56 Å². The zero-order valence-electron chi connectivity index (χ0n) is 21.8. The minimum Gasteiger partial charge on any atom is -0.495 e. The number of carbonyl (C=O) groups excluding carboxylic acids is 2. The number of nitrogens with zero attached hydrogens (tertiary/aromatic N) is 1. The van der Waals surface area contributed by atoms with Crippen LogP contribution in [0, 0.1) is 5.41 Å². The van der Waals surface area contributed by atoms with Gasteiger partial charge >= 0.3 is 0 Å². The van der Waals surface area contributed by atoms with Crippen molar-refractivity contribution in [2.75, 3.05) is 20.2 Å². The molecule has 2 aromatic carbocycles. The molecule has 1 aliphatic rings. The molecule has 1 heterocycles. The number of hydrogen-bond acceptors (Lipinski definition) is 7. The Hall–Kier alpha value is -3.19. The molecule has 3 rings (SSSR count). The number of amides is 2. The van der Waals surface area contributed by atoms with Crippen LogP contribution in [0.25, 0.3) is 0 Å². The molecule has 212 valence electrons. The van der Waals surface area contributed by atoms with Crippen molar-refractivity contribution in [3.63, 3.8) is 0 Å². The van der Waals surface area contributed by atoms with E-state index in [1.807, 2.05) is 0 Å². The highest BCUT2D eigenvalue weighted by Crippen LogP contribution is 2.27. The number of likely N-dealkylation sites (tertiary alicyclic amines) is 1. The summed E-state index contributed by atoms with van der Waals surface area (Å²) in [4.78, 5) is 28.0. The topological polar surface area (TPSA) is 181 Å². The molecule has 13 heteroatoms. The number of amidine groups is 1.